The van der Waals surface area contributed by atoms with Gasteiger partial charge in [0, 0.05) is 36.1 Å². The van der Waals surface area contributed by atoms with Gasteiger partial charge in [0.25, 0.3) is 0 Å². The Morgan fingerprint density at radius 2 is 1.67 bits per heavy atom. The fraction of sp³-hybridized carbons (Fsp3) is 0.462. The molecule has 0 saturated heterocycles. The molecule has 0 fully saturated rings. The van der Waals surface area contributed by atoms with Crippen molar-refractivity contribution in [1.82, 2.24) is 10.2 Å². The molecule has 0 aromatic heterocycles. The molecule has 0 aliphatic heterocycles. The number of sulfonamides is 1. The summed E-state index contributed by atoms with van der Waals surface area (Å²) in [6.45, 7) is 4.75. The van der Waals surface area contributed by atoms with Gasteiger partial charge in [0.15, 0.2) is 0 Å². The number of hydrogen-bond acceptors (Lipinski definition) is 4. The first-order valence-electron chi connectivity index (χ1n) is 12.1. The maximum absolute atomic E-state index is 13.4. The summed E-state index contributed by atoms with van der Waals surface area (Å²) in [5.74, 6) is -0.442. The lowest BCUT2D eigenvalue weighted by molar-refractivity contribution is -0.141. The van der Waals surface area contributed by atoms with E-state index in [1.54, 1.807) is 35.2 Å². The Kier molecular flexibility index (Phi) is 12.0. The zero-order valence-corrected chi connectivity index (χ0v) is 23.4. The van der Waals surface area contributed by atoms with Crippen LogP contribution in [0.4, 0.5) is 5.69 Å². The third kappa shape index (κ3) is 8.98. The number of halogens is 2. The Bertz CT molecular complexity index is 1110. The molecular weight excluding hydrogens is 521 g/mol. The SMILES string of the molecule is CCCCNC(=O)C(CC)N(Cc1ccccc1Cl)C(=O)CCCN(c1ccc(Cl)cc1)S(C)(=O)=O. The number of benzene rings is 2. The van der Waals surface area contributed by atoms with Crippen molar-refractivity contribution in [2.24, 2.45) is 0 Å². The number of nitrogens with one attached hydrogen (secondary N) is 1. The molecule has 0 aliphatic carbocycles. The smallest absolute Gasteiger partial charge is 0.242 e. The maximum atomic E-state index is 13.4. The largest absolute Gasteiger partial charge is 0.354 e. The minimum absolute atomic E-state index is 0.0722. The normalized spacial score (nSPS) is 12.1. The average Bonchev–Trinajstić information content (AvgIpc) is 2.83. The molecule has 2 rings (SSSR count). The first-order chi connectivity index (χ1) is 17.1. The molecule has 0 saturated carbocycles. The molecule has 198 valence electrons. The van der Waals surface area contributed by atoms with E-state index >= 15 is 0 Å². The molecular formula is C26H35Cl2N3O4S. The molecule has 0 spiro atoms. The number of unbranched alkanes of at least 4 members (excludes halogenated alkanes) is 1. The summed E-state index contributed by atoms with van der Waals surface area (Å²) in [5.41, 5.74) is 1.22. The number of rotatable bonds is 14. The Balaban J connectivity index is 2.20. The first kappa shape index (κ1) is 29.9. The van der Waals surface area contributed by atoms with Crippen LogP contribution in [0.3, 0.4) is 0 Å². The van der Waals surface area contributed by atoms with Crippen molar-refractivity contribution in [3.63, 3.8) is 0 Å². The van der Waals surface area contributed by atoms with Crippen LogP contribution in [0.5, 0.6) is 0 Å². The van der Waals surface area contributed by atoms with E-state index in [0.717, 1.165) is 24.7 Å². The van der Waals surface area contributed by atoms with E-state index < -0.39 is 16.1 Å². The minimum atomic E-state index is -3.57. The summed E-state index contributed by atoms with van der Waals surface area (Å²) >= 11 is 12.3. The molecule has 2 aromatic rings. The molecule has 10 heteroatoms. The lowest BCUT2D eigenvalue weighted by Gasteiger charge is -2.31. The number of hydrogen-bond donors (Lipinski definition) is 1. The summed E-state index contributed by atoms with van der Waals surface area (Å²) in [5, 5.41) is 3.94. The standard InChI is InChI=1S/C26H35Cl2N3O4S/c1-4-6-17-29-26(33)24(5-2)30(19-20-10-7-8-11-23(20)28)25(32)12-9-18-31(36(3,34)35)22-15-13-21(27)14-16-22/h7-8,10-11,13-16,24H,4-6,9,12,17-19H2,1-3H3,(H,29,33). The lowest BCUT2D eigenvalue weighted by Crippen LogP contribution is -2.49. The van der Waals surface area contributed by atoms with Crippen molar-refractivity contribution in [3.8, 4) is 0 Å². The molecule has 1 atom stereocenters. The Hall–Kier alpha value is -2.29. The van der Waals surface area contributed by atoms with E-state index in [1.165, 1.54) is 4.31 Å². The van der Waals surface area contributed by atoms with E-state index in [1.807, 2.05) is 32.0 Å². The highest BCUT2D eigenvalue weighted by Crippen LogP contribution is 2.23. The van der Waals surface area contributed by atoms with Crippen LogP contribution in [0.1, 0.15) is 51.5 Å². The van der Waals surface area contributed by atoms with Crippen molar-refractivity contribution in [3.05, 3.63) is 64.1 Å². The lowest BCUT2D eigenvalue weighted by atomic mass is 10.1. The minimum Gasteiger partial charge on any atom is -0.354 e. The van der Waals surface area contributed by atoms with Gasteiger partial charge in [-0.2, -0.15) is 0 Å². The van der Waals surface area contributed by atoms with Crippen LogP contribution in [0.2, 0.25) is 10.0 Å². The van der Waals surface area contributed by atoms with Gasteiger partial charge in [-0.3, -0.25) is 13.9 Å². The van der Waals surface area contributed by atoms with Crippen LogP contribution in [0.25, 0.3) is 0 Å². The third-order valence-corrected chi connectivity index (χ3v) is 7.60. The second kappa shape index (κ2) is 14.4. The van der Waals surface area contributed by atoms with E-state index in [9.17, 15) is 18.0 Å². The summed E-state index contributed by atoms with van der Waals surface area (Å²) in [6, 6.07) is 13.1. The van der Waals surface area contributed by atoms with Crippen LogP contribution in [-0.2, 0) is 26.2 Å². The number of amides is 2. The second-order valence-electron chi connectivity index (χ2n) is 8.60. The van der Waals surface area contributed by atoms with Crippen LogP contribution < -0.4 is 9.62 Å². The Morgan fingerprint density at radius 3 is 2.25 bits per heavy atom. The van der Waals surface area contributed by atoms with Gasteiger partial charge in [0.05, 0.1) is 11.9 Å². The van der Waals surface area contributed by atoms with Crippen molar-refractivity contribution in [2.75, 3.05) is 23.7 Å². The predicted molar refractivity (Wildman–Crippen MR) is 147 cm³/mol. The van der Waals surface area contributed by atoms with Crippen LogP contribution in [0.15, 0.2) is 48.5 Å². The fourth-order valence-corrected chi connectivity index (χ4v) is 5.13. The molecule has 0 heterocycles. The van der Waals surface area contributed by atoms with Gasteiger partial charge in [0.2, 0.25) is 21.8 Å². The molecule has 36 heavy (non-hydrogen) atoms. The van der Waals surface area contributed by atoms with Gasteiger partial charge in [-0.15, -0.1) is 0 Å². The second-order valence-corrected chi connectivity index (χ2v) is 11.3. The van der Waals surface area contributed by atoms with Crippen LogP contribution in [-0.4, -0.2) is 50.5 Å². The van der Waals surface area contributed by atoms with E-state index in [4.69, 9.17) is 23.2 Å². The zero-order valence-electron chi connectivity index (χ0n) is 21.0. The number of nitrogens with zero attached hydrogens (tertiary/aromatic N) is 2. The maximum Gasteiger partial charge on any atom is 0.242 e. The monoisotopic (exact) mass is 555 g/mol. The molecule has 0 bridgehead atoms. The first-order valence-corrected chi connectivity index (χ1v) is 14.7. The topological polar surface area (TPSA) is 86.8 Å². The summed E-state index contributed by atoms with van der Waals surface area (Å²) in [6.07, 6.45) is 3.72. The molecule has 1 unspecified atom stereocenters. The van der Waals surface area contributed by atoms with Crippen LogP contribution in [0, 0.1) is 0 Å². The van der Waals surface area contributed by atoms with Crippen molar-refractivity contribution < 1.29 is 18.0 Å². The Labute approximate surface area is 224 Å². The summed E-state index contributed by atoms with van der Waals surface area (Å²) < 4.78 is 26.1. The average molecular weight is 557 g/mol. The molecule has 2 amide bonds. The molecule has 0 aliphatic rings. The summed E-state index contributed by atoms with van der Waals surface area (Å²) in [7, 11) is -3.57. The van der Waals surface area contributed by atoms with Crippen molar-refractivity contribution in [2.45, 2.75) is 58.5 Å². The van der Waals surface area contributed by atoms with Gasteiger partial charge in [-0.1, -0.05) is 61.7 Å². The van der Waals surface area contributed by atoms with Crippen molar-refractivity contribution in [1.29, 1.82) is 0 Å². The molecule has 1 N–H and O–H groups in total. The van der Waals surface area contributed by atoms with E-state index in [0.29, 0.717) is 28.7 Å². The van der Waals surface area contributed by atoms with Gasteiger partial charge in [-0.25, -0.2) is 8.42 Å². The zero-order chi connectivity index (χ0) is 26.7. The van der Waals surface area contributed by atoms with E-state index in [2.05, 4.69) is 5.32 Å². The third-order valence-electron chi connectivity index (χ3n) is 5.78. The highest BCUT2D eigenvalue weighted by molar-refractivity contribution is 7.92. The Morgan fingerprint density at radius 1 is 1.00 bits per heavy atom. The van der Waals surface area contributed by atoms with Crippen molar-refractivity contribution >= 4 is 50.7 Å². The van der Waals surface area contributed by atoms with Crippen LogP contribution >= 0.6 is 23.2 Å². The highest BCUT2D eigenvalue weighted by Gasteiger charge is 2.29. The van der Waals surface area contributed by atoms with Gasteiger partial charge >= 0.3 is 0 Å². The number of carbonyl (C=O) groups excluding carboxylic acids is 2. The predicted octanol–water partition coefficient (Wildman–Crippen LogP) is 5.26. The number of anilines is 1. The van der Waals surface area contributed by atoms with E-state index in [-0.39, 0.29) is 37.7 Å². The molecule has 0 radical (unpaired) electrons. The number of carbonyl (C=O) groups is 2. The quantitative estimate of drug-likeness (QED) is 0.322. The fourth-order valence-electron chi connectivity index (χ4n) is 3.85. The highest BCUT2D eigenvalue weighted by atomic mass is 35.5. The summed E-state index contributed by atoms with van der Waals surface area (Å²) in [4.78, 5) is 27.9. The molecule has 2 aromatic carbocycles. The van der Waals surface area contributed by atoms with Gasteiger partial charge in [-0.05, 0) is 55.2 Å². The van der Waals surface area contributed by atoms with Gasteiger partial charge < -0.3 is 10.2 Å². The van der Waals surface area contributed by atoms with Gasteiger partial charge in [0.1, 0.15) is 6.04 Å². The molecule has 7 nitrogen and oxygen atoms in total.